The molecule has 2 aliphatic rings. The Balaban J connectivity index is 0.000000442. The quantitative estimate of drug-likeness (QED) is 0.205. The van der Waals surface area contributed by atoms with E-state index in [2.05, 4.69) is 9.98 Å². The molecule has 29 heavy (non-hydrogen) atoms. The van der Waals surface area contributed by atoms with Crippen molar-refractivity contribution < 1.29 is 17.5 Å². The highest BCUT2D eigenvalue weighted by atomic mass is 32.3. The van der Waals surface area contributed by atoms with E-state index in [0.29, 0.717) is 0 Å². The van der Waals surface area contributed by atoms with Gasteiger partial charge in [-0.15, -0.1) is 0 Å². The van der Waals surface area contributed by atoms with Crippen molar-refractivity contribution in [2.45, 2.75) is 77.0 Å². The van der Waals surface area contributed by atoms with Crippen LogP contribution in [0.1, 0.15) is 77.0 Å². The van der Waals surface area contributed by atoms with Crippen molar-refractivity contribution in [2.24, 2.45) is 44.8 Å². The molecular weight excluding hydrogens is 396 g/mol. The molecule has 0 bridgehead atoms. The number of hydrogen-bond acceptors (Lipinski definition) is 4. The van der Waals surface area contributed by atoms with Crippen molar-refractivity contribution >= 4 is 22.3 Å². The van der Waals surface area contributed by atoms with E-state index in [1.165, 1.54) is 64.2 Å². The molecule has 0 radical (unpaired) electrons. The smallest absolute Gasteiger partial charge is 0.370 e. The highest BCUT2D eigenvalue weighted by Crippen LogP contribution is 2.26. The van der Waals surface area contributed by atoms with Gasteiger partial charge >= 0.3 is 10.4 Å². The molecule has 2 saturated carbocycles. The van der Waals surface area contributed by atoms with Gasteiger partial charge in [-0.1, -0.05) is 64.2 Å². The Morgan fingerprint density at radius 1 is 0.690 bits per heavy atom. The fourth-order valence-electron chi connectivity index (χ4n) is 3.70. The van der Waals surface area contributed by atoms with E-state index in [4.69, 9.17) is 40.5 Å². The molecule has 0 heterocycles. The van der Waals surface area contributed by atoms with Gasteiger partial charge in [0.1, 0.15) is 0 Å². The minimum Gasteiger partial charge on any atom is -0.370 e. The Labute approximate surface area is 175 Å². The summed E-state index contributed by atoms with van der Waals surface area (Å²) in [7, 11) is -4.67. The topological polar surface area (TPSA) is 203 Å². The summed E-state index contributed by atoms with van der Waals surface area (Å²) in [4.78, 5) is 7.98. The van der Waals surface area contributed by atoms with Crippen LogP contribution >= 0.6 is 0 Å². The van der Waals surface area contributed by atoms with Gasteiger partial charge in [-0.3, -0.25) is 19.1 Å². The van der Waals surface area contributed by atoms with Crippen LogP contribution in [0.4, 0.5) is 0 Å². The summed E-state index contributed by atoms with van der Waals surface area (Å²) in [6.07, 6.45) is 16.2. The van der Waals surface area contributed by atoms with E-state index >= 15 is 0 Å². The molecule has 2 aliphatic carbocycles. The average Bonchev–Trinajstić information content (AvgIpc) is 2.62. The van der Waals surface area contributed by atoms with Crippen molar-refractivity contribution in [2.75, 3.05) is 13.1 Å². The number of nitrogens with two attached hydrogens (primary N) is 4. The maximum atomic E-state index is 8.74. The zero-order valence-electron chi connectivity index (χ0n) is 17.4. The molecule has 0 atom stereocenters. The third-order valence-electron chi connectivity index (χ3n) is 5.11. The lowest BCUT2D eigenvalue weighted by Gasteiger charge is -2.20. The first kappa shape index (κ1) is 27.4. The van der Waals surface area contributed by atoms with Gasteiger partial charge in [-0.05, 0) is 24.7 Å². The lowest BCUT2D eigenvalue weighted by Crippen LogP contribution is -2.23. The summed E-state index contributed by atoms with van der Waals surface area (Å²) in [5.74, 6) is 2.21. The fraction of sp³-hybridized carbons (Fsp3) is 0.889. The van der Waals surface area contributed by atoms with Crippen molar-refractivity contribution in [1.82, 2.24) is 0 Å². The highest BCUT2D eigenvalue weighted by molar-refractivity contribution is 7.79. The second-order valence-electron chi connectivity index (χ2n) is 7.65. The van der Waals surface area contributed by atoms with Crippen LogP contribution in [0.2, 0.25) is 0 Å². The molecule has 0 aromatic rings. The maximum absolute atomic E-state index is 8.74. The van der Waals surface area contributed by atoms with Gasteiger partial charge in [0.15, 0.2) is 11.9 Å². The molecular formula is C18H40N6O4S. The average molecular weight is 437 g/mol. The van der Waals surface area contributed by atoms with Crippen LogP contribution in [0.5, 0.6) is 0 Å². The Morgan fingerprint density at radius 3 is 1.21 bits per heavy atom. The molecule has 0 aliphatic heterocycles. The standard InChI is InChI=1S/2C9H19N3.H2O4S/c2*10-9(11)12-7-6-8-4-2-1-3-5-8;1-5(2,3)4/h2*8H,1-7H2,(H4,10,11,12);(H2,1,2,3,4). The first-order valence-corrected chi connectivity index (χ1v) is 11.8. The Hall–Kier alpha value is -1.59. The molecule has 0 saturated heterocycles. The number of guanidine groups is 2. The predicted octanol–water partition coefficient (Wildman–Crippen LogP) is 1.81. The number of aliphatic imine (C=N–C) groups is 2. The zero-order valence-corrected chi connectivity index (χ0v) is 18.2. The molecule has 172 valence electrons. The van der Waals surface area contributed by atoms with Crippen LogP contribution in [0.3, 0.4) is 0 Å². The van der Waals surface area contributed by atoms with Gasteiger partial charge in [0, 0.05) is 13.1 Å². The SMILES string of the molecule is NC(N)=NCCC1CCCCC1.NC(N)=NCCC1CCCCC1.O=S(=O)(O)O. The van der Waals surface area contributed by atoms with Crippen molar-refractivity contribution in [1.29, 1.82) is 0 Å². The minimum absolute atomic E-state index is 0.228. The summed E-state index contributed by atoms with van der Waals surface area (Å²) in [6, 6.07) is 0. The van der Waals surface area contributed by atoms with Crippen LogP contribution in [0.25, 0.3) is 0 Å². The summed E-state index contributed by atoms with van der Waals surface area (Å²) in [5.41, 5.74) is 20.9. The summed E-state index contributed by atoms with van der Waals surface area (Å²) < 4.78 is 31.6. The lowest BCUT2D eigenvalue weighted by molar-refractivity contribution is 0.343. The van der Waals surface area contributed by atoms with E-state index in [-0.39, 0.29) is 11.9 Å². The van der Waals surface area contributed by atoms with Gasteiger partial charge < -0.3 is 22.9 Å². The predicted molar refractivity (Wildman–Crippen MR) is 118 cm³/mol. The fourth-order valence-corrected chi connectivity index (χ4v) is 3.70. The van der Waals surface area contributed by atoms with Gasteiger partial charge in [0.05, 0.1) is 0 Å². The van der Waals surface area contributed by atoms with Crippen molar-refractivity contribution in [3.8, 4) is 0 Å². The van der Waals surface area contributed by atoms with E-state index < -0.39 is 10.4 Å². The molecule has 10 N–H and O–H groups in total. The summed E-state index contributed by atoms with van der Waals surface area (Å²) in [5, 5.41) is 0. The molecule has 0 amide bonds. The number of rotatable bonds is 6. The minimum atomic E-state index is -4.67. The number of hydrogen-bond donors (Lipinski definition) is 6. The molecule has 0 spiro atoms. The van der Waals surface area contributed by atoms with Crippen LogP contribution in [-0.2, 0) is 10.4 Å². The van der Waals surface area contributed by atoms with E-state index in [1.54, 1.807) is 0 Å². The largest absolute Gasteiger partial charge is 0.394 e. The highest BCUT2D eigenvalue weighted by Gasteiger charge is 2.12. The van der Waals surface area contributed by atoms with Crippen molar-refractivity contribution in [3.05, 3.63) is 0 Å². The molecule has 0 aromatic carbocycles. The molecule has 0 aromatic heterocycles. The molecule has 11 heteroatoms. The summed E-state index contributed by atoms with van der Waals surface area (Å²) >= 11 is 0. The third kappa shape index (κ3) is 22.6. The van der Waals surface area contributed by atoms with Gasteiger partial charge in [-0.2, -0.15) is 8.42 Å². The van der Waals surface area contributed by atoms with Crippen LogP contribution in [0, 0.1) is 11.8 Å². The van der Waals surface area contributed by atoms with E-state index in [0.717, 1.165) is 37.8 Å². The van der Waals surface area contributed by atoms with E-state index in [1.807, 2.05) is 0 Å². The zero-order chi connectivity index (χ0) is 22.1. The lowest BCUT2D eigenvalue weighted by atomic mass is 9.87. The molecule has 2 rings (SSSR count). The Morgan fingerprint density at radius 2 is 0.966 bits per heavy atom. The molecule has 0 unspecified atom stereocenters. The van der Waals surface area contributed by atoms with Crippen LogP contribution < -0.4 is 22.9 Å². The van der Waals surface area contributed by atoms with Crippen LogP contribution in [-0.4, -0.2) is 42.5 Å². The second-order valence-corrected chi connectivity index (χ2v) is 8.54. The maximum Gasteiger partial charge on any atom is 0.394 e. The first-order chi connectivity index (χ1) is 13.6. The van der Waals surface area contributed by atoms with Crippen LogP contribution in [0.15, 0.2) is 9.98 Å². The van der Waals surface area contributed by atoms with Gasteiger partial charge in [-0.25, -0.2) is 0 Å². The summed E-state index contributed by atoms with van der Waals surface area (Å²) in [6.45, 7) is 1.62. The van der Waals surface area contributed by atoms with E-state index in [9.17, 15) is 0 Å². The normalized spacial score (nSPS) is 17.7. The second kappa shape index (κ2) is 16.2. The number of nitrogens with zero attached hydrogens (tertiary/aromatic N) is 2. The first-order valence-electron chi connectivity index (χ1n) is 10.4. The monoisotopic (exact) mass is 436 g/mol. The van der Waals surface area contributed by atoms with Crippen molar-refractivity contribution in [3.63, 3.8) is 0 Å². The van der Waals surface area contributed by atoms with Gasteiger partial charge in [0.2, 0.25) is 0 Å². The Bertz CT molecular complexity index is 519. The Kier molecular flexibility index (Phi) is 15.3. The molecule has 2 fully saturated rings. The third-order valence-corrected chi connectivity index (χ3v) is 5.11. The van der Waals surface area contributed by atoms with Gasteiger partial charge in [0.25, 0.3) is 0 Å². The molecule has 10 nitrogen and oxygen atoms in total.